The lowest BCUT2D eigenvalue weighted by Gasteiger charge is -2.15. The lowest BCUT2D eigenvalue weighted by molar-refractivity contribution is 0.102. The minimum atomic E-state index is -0.288. The highest BCUT2D eigenvalue weighted by atomic mass is 16.5. The van der Waals surface area contributed by atoms with E-state index in [1.807, 2.05) is 42.7 Å². The highest BCUT2D eigenvalue weighted by Crippen LogP contribution is 2.25. The van der Waals surface area contributed by atoms with Crippen LogP contribution in [-0.2, 0) is 6.54 Å². The quantitative estimate of drug-likeness (QED) is 0.528. The van der Waals surface area contributed by atoms with Crippen LogP contribution in [0.2, 0.25) is 0 Å². The number of hydrogen-bond acceptors (Lipinski definition) is 5. The maximum Gasteiger partial charge on any atom is 0.260 e. The van der Waals surface area contributed by atoms with Crippen LogP contribution in [0.4, 0.5) is 5.82 Å². The van der Waals surface area contributed by atoms with E-state index >= 15 is 0 Å². The van der Waals surface area contributed by atoms with Crippen molar-refractivity contribution in [1.82, 2.24) is 24.3 Å². The zero-order valence-electron chi connectivity index (χ0n) is 16.2. The minimum Gasteiger partial charge on any atom is -0.493 e. The lowest BCUT2D eigenvalue weighted by atomic mass is 10.1. The molecule has 0 spiro atoms. The van der Waals surface area contributed by atoms with Crippen LogP contribution in [0.15, 0.2) is 67.3 Å². The van der Waals surface area contributed by atoms with Crippen molar-refractivity contribution in [3.63, 3.8) is 0 Å². The van der Waals surface area contributed by atoms with Crippen LogP contribution in [0.25, 0.3) is 17.2 Å². The number of aromatic nitrogens is 5. The molecule has 4 heterocycles. The van der Waals surface area contributed by atoms with Gasteiger partial charge in [0.15, 0.2) is 5.82 Å². The number of nitrogens with zero attached hydrogens (tertiary/aromatic N) is 5. The first-order valence-electron chi connectivity index (χ1n) is 9.85. The molecule has 0 fully saturated rings. The van der Waals surface area contributed by atoms with E-state index in [4.69, 9.17) is 4.74 Å². The molecule has 1 aromatic carbocycles. The van der Waals surface area contributed by atoms with E-state index in [0.29, 0.717) is 23.7 Å². The van der Waals surface area contributed by atoms with Crippen LogP contribution < -0.4 is 10.1 Å². The first kappa shape index (κ1) is 18.1. The summed E-state index contributed by atoms with van der Waals surface area (Å²) in [6.07, 6.45) is 9.02. The highest BCUT2D eigenvalue weighted by Gasteiger charge is 2.17. The number of anilines is 1. The normalized spacial score (nSPS) is 14.1. The van der Waals surface area contributed by atoms with E-state index in [-0.39, 0.29) is 5.91 Å². The molecule has 0 saturated carbocycles. The Balaban J connectivity index is 1.54. The van der Waals surface area contributed by atoms with E-state index in [0.717, 1.165) is 36.6 Å². The summed E-state index contributed by atoms with van der Waals surface area (Å²) in [6.45, 7) is 1.34. The molecule has 1 aliphatic rings. The Bertz CT molecular complexity index is 1180. The fourth-order valence-electron chi connectivity index (χ4n) is 3.49. The second-order valence-electron chi connectivity index (χ2n) is 6.99. The Morgan fingerprint density at radius 3 is 2.90 bits per heavy atom. The number of carbonyl (C=O) groups is 1. The molecular formula is C22H20N6O2. The molecule has 2 bridgehead atoms. The average Bonchev–Trinajstić information content (AvgIpc) is 3.45. The number of pyridine rings is 1. The molecule has 0 unspecified atom stereocenters. The molecule has 30 heavy (non-hydrogen) atoms. The van der Waals surface area contributed by atoms with Crippen molar-refractivity contribution in [3.05, 3.63) is 72.8 Å². The van der Waals surface area contributed by atoms with Gasteiger partial charge < -0.3 is 14.6 Å². The summed E-state index contributed by atoms with van der Waals surface area (Å²) in [5.74, 6) is 1.49. The molecule has 8 heteroatoms. The van der Waals surface area contributed by atoms with Crippen LogP contribution in [0.1, 0.15) is 23.2 Å². The van der Waals surface area contributed by atoms with Gasteiger partial charge in [-0.1, -0.05) is 6.07 Å². The van der Waals surface area contributed by atoms with E-state index < -0.39 is 0 Å². The summed E-state index contributed by atoms with van der Waals surface area (Å²) in [4.78, 5) is 22.2. The van der Waals surface area contributed by atoms with Crippen LogP contribution >= 0.6 is 0 Å². The van der Waals surface area contributed by atoms with Crippen LogP contribution in [0.3, 0.4) is 0 Å². The molecule has 0 atom stereocenters. The van der Waals surface area contributed by atoms with Crippen LogP contribution in [0, 0.1) is 0 Å². The Kier molecular flexibility index (Phi) is 4.72. The van der Waals surface area contributed by atoms with Gasteiger partial charge in [0, 0.05) is 31.3 Å². The monoisotopic (exact) mass is 400 g/mol. The Hall–Kier alpha value is -3.94. The third kappa shape index (κ3) is 3.55. The predicted octanol–water partition coefficient (Wildman–Crippen LogP) is 3.56. The molecule has 1 amide bonds. The summed E-state index contributed by atoms with van der Waals surface area (Å²) >= 11 is 0. The summed E-state index contributed by atoms with van der Waals surface area (Å²) in [5.41, 5.74) is 1.94. The number of fused-ring (bicyclic) bond motifs is 5. The maximum absolute atomic E-state index is 13.1. The number of ether oxygens (including phenoxy) is 1. The molecule has 0 radical (unpaired) electrons. The van der Waals surface area contributed by atoms with Gasteiger partial charge in [-0.15, -0.1) is 0 Å². The fourth-order valence-corrected chi connectivity index (χ4v) is 3.49. The predicted molar refractivity (Wildman–Crippen MR) is 112 cm³/mol. The number of carbonyl (C=O) groups excluding carboxylic acids is 1. The van der Waals surface area contributed by atoms with Crippen molar-refractivity contribution in [1.29, 1.82) is 0 Å². The van der Waals surface area contributed by atoms with E-state index in [1.165, 1.54) is 0 Å². The molecule has 1 aliphatic heterocycles. The molecule has 4 aromatic rings. The second-order valence-corrected chi connectivity index (χ2v) is 6.99. The first-order chi connectivity index (χ1) is 14.8. The fraction of sp³-hybridized carbons (Fsp3) is 0.182. The SMILES string of the molecule is O=C1Nc2cccc(n2)-c2nccn2CCCCOc2ccc(-n3cccn3)cc21. The average molecular weight is 400 g/mol. The number of amides is 1. The first-order valence-corrected chi connectivity index (χ1v) is 9.85. The Labute approximate surface area is 173 Å². The number of hydrogen-bond donors (Lipinski definition) is 1. The summed E-state index contributed by atoms with van der Waals surface area (Å²) in [5, 5.41) is 7.14. The third-order valence-corrected chi connectivity index (χ3v) is 4.96. The van der Waals surface area contributed by atoms with Gasteiger partial charge in [-0.05, 0) is 49.2 Å². The molecule has 8 nitrogen and oxygen atoms in total. The van der Waals surface area contributed by atoms with Gasteiger partial charge in [0.25, 0.3) is 5.91 Å². The Morgan fingerprint density at radius 1 is 1.03 bits per heavy atom. The standard InChI is InChI=1S/C22H20N6O2/c29-22-17-15-16(28-12-4-9-24-28)7-8-19(17)30-14-2-1-11-27-13-10-23-21(27)18-5-3-6-20(25-18)26-22/h3-10,12-13,15H,1-2,11,14H2,(H,25,26,29). The number of imidazole rings is 1. The van der Waals surface area contributed by atoms with Crippen molar-refractivity contribution in [2.45, 2.75) is 19.4 Å². The number of nitrogens with one attached hydrogen (secondary N) is 1. The van der Waals surface area contributed by atoms with Crippen LogP contribution in [-0.4, -0.2) is 36.8 Å². The molecule has 0 saturated heterocycles. The van der Waals surface area contributed by atoms with Crippen molar-refractivity contribution in [2.75, 3.05) is 11.9 Å². The number of benzene rings is 1. The van der Waals surface area contributed by atoms with Gasteiger partial charge in [-0.3, -0.25) is 4.79 Å². The van der Waals surface area contributed by atoms with Gasteiger partial charge >= 0.3 is 0 Å². The van der Waals surface area contributed by atoms with Gasteiger partial charge in [0.05, 0.1) is 17.9 Å². The van der Waals surface area contributed by atoms with Crippen molar-refractivity contribution < 1.29 is 9.53 Å². The van der Waals surface area contributed by atoms with Crippen molar-refractivity contribution >= 4 is 11.7 Å². The van der Waals surface area contributed by atoms with Gasteiger partial charge in [-0.25, -0.2) is 14.6 Å². The summed E-state index contributed by atoms with van der Waals surface area (Å²) in [7, 11) is 0. The smallest absolute Gasteiger partial charge is 0.260 e. The van der Waals surface area contributed by atoms with E-state index in [1.54, 1.807) is 29.2 Å². The minimum absolute atomic E-state index is 0.288. The second kappa shape index (κ2) is 7.82. The maximum atomic E-state index is 13.1. The molecular weight excluding hydrogens is 380 g/mol. The topological polar surface area (TPSA) is 86.9 Å². The molecule has 0 aliphatic carbocycles. The molecule has 150 valence electrons. The zero-order valence-corrected chi connectivity index (χ0v) is 16.2. The van der Waals surface area contributed by atoms with Crippen molar-refractivity contribution in [3.8, 4) is 23.0 Å². The summed E-state index contributed by atoms with van der Waals surface area (Å²) < 4.78 is 9.74. The van der Waals surface area contributed by atoms with Gasteiger partial charge in [0.1, 0.15) is 17.3 Å². The number of rotatable bonds is 1. The largest absolute Gasteiger partial charge is 0.493 e. The van der Waals surface area contributed by atoms with E-state index in [9.17, 15) is 4.79 Å². The molecule has 1 N–H and O–H groups in total. The number of aryl methyl sites for hydroxylation is 1. The van der Waals surface area contributed by atoms with Crippen LogP contribution in [0.5, 0.6) is 5.75 Å². The Morgan fingerprint density at radius 2 is 2.00 bits per heavy atom. The van der Waals surface area contributed by atoms with Gasteiger partial charge in [0.2, 0.25) is 0 Å². The molecule has 5 rings (SSSR count). The highest BCUT2D eigenvalue weighted by molar-refractivity contribution is 6.06. The lowest BCUT2D eigenvalue weighted by Crippen LogP contribution is -2.16. The zero-order chi connectivity index (χ0) is 20.3. The summed E-state index contributed by atoms with van der Waals surface area (Å²) in [6, 6.07) is 12.8. The van der Waals surface area contributed by atoms with Gasteiger partial charge in [-0.2, -0.15) is 5.10 Å². The van der Waals surface area contributed by atoms with E-state index in [2.05, 4.69) is 25.0 Å². The third-order valence-electron chi connectivity index (χ3n) is 4.96. The molecule has 3 aromatic heterocycles. The van der Waals surface area contributed by atoms with Crippen molar-refractivity contribution in [2.24, 2.45) is 0 Å².